The van der Waals surface area contributed by atoms with Gasteiger partial charge in [0.05, 0.1) is 6.42 Å². The van der Waals surface area contributed by atoms with E-state index < -0.39 is 5.97 Å². The number of rotatable bonds is 3. The van der Waals surface area contributed by atoms with E-state index in [1.807, 2.05) is 24.3 Å². The van der Waals surface area contributed by atoms with Gasteiger partial charge in [-0.25, -0.2) is 9.78 Å². The van der Waals surface area contributed by atoms with E-state index in [1.165, 1.54) is 0 Å². The number of halogens is 1. The van der Waals surface area contributed by atoms with E-state index in [1.54, 1.807) is 0 Å². The quantitative estimate of drug-likeness (QED) is 0.940. The van der Waals surface area contributed by atoms with Gasteiger partial charge in [-0.3, -0.25) is 0 Å². The highest BCUT2D eigenvalue weighted by molar-refractivity contribution is 9.10. The molecule has 1 aromatic carbocycles. The molecular formula is C11H8BrNO3. The third-order valence-electron chi connectivity index (χ3n) is 2.07. The molecule has 0 spiro atoms. The zero-order valence-corrected chi connectivity index (χ0v) is 9.77. The lowest BCUT2D eigenvalue weighted by atomic mass is 10.1. The molecule has 0 amide bonds. The van der Waals surface area contributed by atoms with E-state index in [0.717, 1.165) is 16.3 Å². The van der Waals surface area contributed by atoms with Crippen molar-refractivity contribution in [1.82, 2.24) is 4.98 Å². The molecular weight excluding hydrogens is 274 g/mol. The van der Waals surface area contributed by atoms with Crippen LogP contribution in [0.2, 0.25) is 0 Å². The highest BCUT2D eigenvalue weighted by Gasteiger charge is 2.11. The molecule has 0 unspecified atom stereocenters. The van der Waals surface area contributed by atoms with Gasteiger partial charge >= 0.3 is 5.97 Å². The van der Waals surface area contributed by atoms with Crippen LogP contribution in [0.4, 0.5) is 0 Å². The van der Waals surface area contributed by atoms with Crippen molar-refractivity contribution >= 4 is 21.9 Å². The minimum Gasteiger partial charge on any atom is -0.476 e. The molecule has 0 radical (unpaired) electrons. The fraction of sp³-hybridized carbons (Fsp3) is 0.0909. The van der Waals surface area contributed by atoms with E-state index in [0.29, 0.717) is 12.3 Å². The number of carbonyl (C=O) groups is 1. The monoisotopic (exact) mass is 281 g/mol. The van der Waals surface area contributed by atoms with E-state index >= 15 is 0 Å². The summed E-state index contributed by atoms with van der Waals surface area (Å²) in [5, 5.41) is 8.69. The van der Waals surface area contributed by atoms with Crippen LogP contribution in [0.1, 0.15) is 21.9 Å². The maximum atomic E-state index is 10.6. The van der Waals surface area contributed by atoms with E-state index in [4.69, 9.17) is 9.52 Å². The maximum Gasteiger partial charge on any atom is 0.357 e. The van der Waals surface area contributed by atoms with E-state index in [-0.39, 0.29) is 5.69 Å². The zero-order chi connectivity index (χ0) is 11.5. The topological polar surface area (TPSA) is 63.3 Å². The normalized spacial score (nSPS) is 10.3. The molecule has 1 heterocycles. The van der Waals surface area contributed by atoms with Gasteiger partial charge in [0.25, 0.3) is 0 Å². The van der Waals surface area contributed by atoms with Gasteiger partial charge in [0.2, 0.25) is 0 Å². The highest BCUT2D eigenvalue weighted by Crippen LogP contribution is 2.19. The van der Waals surface area contributed by atoms with Gasteiger partial charge in [-0.1, -0.05) is 34.1 Å². The Kier molecular flexibility index (Phi) is 3.05. The molecule has 0 bridgehead atoms. The summed E-state index contributed by atoms with van der Waals surface area (Å²) in [6.45, 7) is 0. The van der Waals surface area contributed by atoms with Crippen LogP contribution in [0.5, 0.6) is 0 Å². The average molecular weight is 282 g/mol. The summed E-state index contributed by atoms with van der Waals surface area (Å²) < 4.78 is 6.02. The van der Waals surface area contributed by atoms with Gasteiger partial charge in [-0.15, -0.1) is 0 Å². The molecule has 0 atom stereocenters. The van der Waals surface area contributed by atoms with Crippen LogP contribution in [-0.4, -0.2) is 16.1 Å². The lowest BCUT2D eigenvalue weighted by Crippen LogP contribution is -1.97. The van der Waals surface area contributed by atoms with Crippen LogP contribution in [0, 0.1) is 0 Å². The highest BCUT2D eigenvalue weighted by atomic mass is 79.9. The average Bonchev–Trinajstić information content (AvgIpc) is 2.70. The molecule has 16 heavy (non-hydrogen) atoms. The number of aromatic nitrogens is 1. The van der Waals surface area contributed by atoms with Crippen LogP contribution in [0.3, 0.4) is 0 Å². The standard InChI is InChI=1S/C11H8BrNO3/c12-8-4-2-1-3-7(8)5-10-13-9(6-16-10)11(14)15/h1-4,6H,5H2,(H,14,15). The van der Waals surface area contributed by atoms with Crippen molar-refractivity contribution < 1.29 is 14.3 Å². The van der Waals surface area contributed by atoms with Crippen LogP contribution >= 0.6 is 15.9 Å². The minimum atomic E-state index is -1.08. The lowest BCUT2D eigenvalue weighted by molar-refractivity contribution is 0.0690. The summed E-state index contributed by atoms with van der Waals surface area (Å²) in [5.41, 5.74) is 0.934. The number of benzene rings is 1. The minimum absolute atomic E-state index is 0.0675. The Bertz CT molecular complexity index is 521. The molecule has 0 fully saturated rings. The molecule has 0 saturated heterocycles. The first-order valence-electron chi connectivity index (χ1n) is 4.58. The Morgan fingerprint density at radius 1 is 1.44 bits per heavy atom. The third-order valence-corrected chi connectivity index (χ3v) is 2.84. The fourth-order valence-electron chi connectivity index (χ4n) is 1.29. The lowest BCUT2D eigenvalue weighted by Gasteiger charge is -1.99. The Labute approximate surface area is 100 Å². The second-order valence-electron chi connectivity index (χ2n) is 3.20. The molecule has 0 saturated carbocycles. The summed E-state index contributed by atoms with van der Waals surface area (Å²) in [7, 11) is 0. The van der Waals surface area contributed by atoms with Crippen molar-refractivity contribution in [3.05, 3.63) is 52.1 Å². The first-order chi connectivity index (χ1) is 7.66. The summed E-state index contributed by atoms with van der Waals surface area (Å²) >= 11 is 3.40. The Morgan fingerprint density at radius 3 is 2.81 bits per heavy atom. The van der Waals surface area contributed by atoms with Crippen molar-refractivity contribution in [2.24, 2.45) is 0 Å². The van der Waals surface area contributed by atoms with Crippen LogP contribution in [-0.2, 0) is 6.42 Å². The third kappa shape index (κ3) is 2.30. The van der Waals surface area contributed by atoms with Gasteiger partial charge < -0.3 is 9.52 Å². The number of nitrogens with zero attached hydrogens (tertiary/aromatic N) is 1. The largest absolute Gasteiger partial charge is 0.476 e. The second kappa shape index (κ2) is 4.49. The number of hydrogen-bond donors (Lipinski definition) is 1. The fourth-order valence-corrected chi connectivity index (χ4v) is 1.72. The van der Waals surface area contributed by atoms with Gasteiger partial charge in [-0.05, 0) is 11.6 Å². The number of carboxylic acids is 1. The Balaban J connectivity index is 2.21. The van der Waals surface area contributed by atoms with Crippen LogP contribution in [0.15, 0.2) is 39.4 Å². The molecule has 0 aliphatic carbocycles. The van der Waals surface area contributed by atoms with Gasteiger partial charge in [-0.2, -0.15) is 0 Å². The SMILES string of the molecule is O=C(O)c1coc(Cc2ccccc2Br)n1. The molecule has 82 valence electrons. The van der Waals surface area contributed by atoms with Crippen molar-refractivity contribution in [3.63, 3.8) is 0 Å². The second-order valence-corrected chi connectivity index (χ2v) is 4.05. The van der Waals surface area contributed by atoms with Crippen molar-refractivity contribution in [2.75, 3.05) is 0 Å². The van der Waals surface area contributed by atoms with E-state index in [9.17, 15) is 4.79 Å². The van der Waals surface area contributed by atoms with Gasteiger partial charge in [0.1, 0.15) is 6.26 Å². The summed E-state index contributed by atoms with van der Waals surface area (Å²) in [6, 6.07) is 7.65. The summed E-state index contributed by atoms with van der Waals surface area (Å²) in [5.74, 6) is -0.688. The zero-order valence-electron chi connectivity index (χ0n) is 8.18. The van der Waals surface area contributed by atoms with Crippen molar-refractivity contribution in [2.45, 2.75) is 6.42 Å². The predicted octanol–water partition coefficient (Wildman–Crippen LogP) is 2.73. The summed E-state index contributed by atoms with van der Waals surface area (Å²) in [4.78, 5) is 14.5. The maximum absolute atomic E-state index is 10.6. The van der Waals surface area contributed by atoms with E-state index in [2.05, 4.69) is 20.9 Å². The first kappa shape index (κ1) is 10.9. The molecule has 1 aromatic heterocycles. The number of carboxylic acid groups (broad SMARTS) is 1. The molecule has 2 rings (SSSR count). The molecule has 4 nitrogen and oxygen atoms in total. The number of aromatic carboxylic acids is 1. The van der Waals surface area contributed by atoms with Gasteiger partial charge in [0.15, 0.2) is 11.6 Å². The molecule has 1 N–H and O–H groups in total. The summed E-state index contributed by atoms with van der Waals surface area (Å²) in [6.07, 6.45) is 1.61. The first-order valence-corrected chi connectivity index (χ1v) is 5.37. The van der Waals surface area contributed by atoms with Gasteiger partial charge in [0, 0.05) is 4.47 Å². The predicted molar refractivity (Wildman–Crippen MR) is 60.4 cm³/mol. The van der Waals surface area contributed by atoms with Crippen molar-refractivity contribution in [3.8, 4) is 0 Å². The molecule has 0 aliphatic rings. The number of oxazole rings is 1. The van der Waals surface area contributed by atoms with Crippen LogP contribution in [0.25, 0.3) is 0 Å². The van der Waals surface area contributed by atoms with Crippen molar-refractivity contribution in [1.29, 1.82) is 0 Å². The molecule has 2 aromatic rings. The molecule has 5 heteroatoms. The molecule has 0 aliphatic heterocycles. The van der Waals surface area contributed by atoms with Crippen LogP contribution < -0.4 is 0 Å². The Morgan fingerprint density at radius 2 is 2.19 bits per heavy atom. The number of hydrogen-bond acceptors (Lipinski definition) is 3. The Hall–Kier alpha value is -1.62. The smallest absolute Gasteiger partial charge is 0.357 e.